The van der Waals surface area contributed by atoms with Crippen molar-refractivity contribution < 1.29 is 0 Å². The zero-order chi connectivity index (χ0) is 40.1. The van der Waals surface area contributed by atoms with Crippen molar-refractivity contribution in [3.05, 3.63) is 243 Å². The Kier molecular flexibility index (Phi) is 9.92. The lowest BCUT2D eigenvalue weighted by molar-refractivity contribution is 1.07. The van der Waals surface area contributed by atoms with E-state index >= 15 is 0 Å². The molecule has 0 fully saturated rings. The maximum atomic E-state index is 4.79. The van der Waals surface area contributed by atoms with Gasteiger partial charge in [0.2, 0.25) is 0 Å². The van der Waals surface area contributed by atoms with Crippen molar-refractivity contribution in [1.82, 2.24) is 14.8 Å². The monoisotopic (exact) mass is 768 g/mol. The molecule has 60 heavy (non-hydrogen) atoms. The molecule has 0 aliphatic carbocycles. The van der Waals surface area contributed by atoms with Gasteiger partial charge >= 0.3 is 0 Å². The molecule has 4 nitrogen and oxygen atoms in total. The van der Waals surface area contributed by atoms with Crippen molar-refractivity contribution in [3.63, 3.8) is 0 Å². The van der Waals surface area contributed by atoms with Crippen LogP contribution in [0, 0.1) is 0 Å². The molecular weight excluding hydrogens is 729 g/mol. The maximum Gasteiger partial charge on any atom is 0.168 e. The summed E-state index contributed by atoms with van der Waals surface area (Å²) in [6.45, 7) is 0. The highest BCUT2D eigenvalue weighted by molar-refractivity contribution is 5.92. The van der Waals surface area contributed by atoms with Gasteiger partial charge in [0.15, 0.2) is 11.6 Å². The zero-order valence-electron chi connectivity index (χ0n) is 32.9. The minimum atomic E-state index is 0.787. The molecule has 0 atom stereocenters. The van der Waals surface area contributed by atoms with E-state index in [0.717, 1.165) is 67.8 Å². The second-order valence-electron chi connectivity index (χ2n) is 14.7. The Hall–Kier alpha value is -8.08. The van der Waals surface area contributed by atoms with Crippen LogP contribution in [0.2, 0.25) is 0 Å². The number of benzene rings is 9. The number of aromatic nitrogens is 3. The molecule has 10 aromatic rings. The molecule has 0 aliphatic rings. The van der Waals surface area contributed by atoms with Crippen molar-refractivity contribution in [3.8, 4) is 73.0 Å². The van der Waals surface area contributed by atoms with Gasteiger partial charge in [-0.25, -0.2) is 0 Å². The van der Waals surface area contributed by atoms with Gasteiger partial charge in [-0.05, 0) is 93.0 Å². The first-order chi connectivity index (χ1) is 29.8. The summed E-state index contributed by atoms with van der Waals surface area (Å²) in [5, 5.41) is 9.56. The standard InChI is InChI=1S/C56H40N4/c1-5-17-41(18-6-1)42-29-33-45(34-30-42)55-57-58-56(60(55)49-23-11-4-12-24-49)46-35-31-43(32-36-46)51-25-13-15-27-53(51)54-28-16-14-26-52(54)44-37-39-50(40-38-44)59(47-19-7-2-8-20-47)48-21-9-3-10-22-48/h1-40H. The van der Waals surface area contributed by atoms with Gasteiger partial charge in [-0.15, -0.1) is 10.2 Å². The van der Waals surface area contributed by atoms with Crippen LogP contribution in [-0.4, -0.2) is 14.8 Å². The number of hydrogen-bond donors (Lipinski definition) is 0. The molecule has 0 unspecified atom stereocenters. The predicted molar refractivity (Wildman–Crippen MR) is 249 cm³/mol. The topological polar surface area (TPSA) is 34.0 Å². The molecule has 0 saturated carbocycles. The molecular formula is C56H40N4. The summed E-state index contributed by atoms with van der Waals surface area (Å²) in [6.07, 6.45) is 0. The van der Waals surface area contributed by atoms with Crippen LogP contribution in [-0.2, 0) is 0 Å². The first-order valence-corrected chi connectivity index (χ1v) is 20.3. The summed E-state index contributed by atoms with van der Waals surface area (Å²) in [6, 6.07) is 85.4. The Bertz CT molecular complexity index is 2940. The third-order valence-electron chi connectivity index (χ3n) is 11.0. The molecule has 4 heteroatoms. The third kappa shape index (κ3) is 7.19. The average Bonchev–Trinajstić information content (AvgIpc) is 3.79. The van der Waals surface area contributed by atoms with Crippen molar-refractivity contribution >= 4 is 17.1 Å². The lowest BCUT2D eigenvalue weighted by Crippen LogP contribution is -2.09. The molecule has 0 amide bonds. The first kappa shape index (κ1) is 36.3. The average molecular weight is 769 g/mol. The Balaban J connectivity index is 0.980. The Morgan fingerprint density at radius 3 is 1.03 bits per heavy atom. The van der Waals surface area contributed by atoms with Gasteiger partial charge < -0.3 is 4.90 Å². The molecule has 0 spiro atoms. The van der Waals surface area contributed by atoms with Gasteiger partial charge in [0.05, 0.1) is 0 Å². The Morgan fingerprint density at radius 2 is 0.567 bits per heavy atom. The van der Waals surface area contributed by atoms with E-state index in [4.69, 9.17) is 10.2 Å². The van der Waals surface area contributed by atoms with Crippen molar-refractivity contribution in [2.75, 3.05) is 4.90 Å². The van der Waals surface area contributed by atoms with Crippen molar-refractivity contribution in [2.45, 2.75) is 0 Å². The second kappa shape index (κ2) is 16.4. The van der Waals surface area contributed by atoms with Gasteiger partial charge in [-0.1, -0.05) is 194 Å². The van der Waals surface area contributed by atoms with E-state index in [1.165, 1.54) is 22.3 Å². The quantitative estimate of drug-likeness (QED) is 0.139. The predicted octanol–water partition coefficient (Wildman–Crippen LogP) is 14.7. The van der Waals surface area contributed by atoms with E-state index in [2.05, 4.69) is 240 Å². The molecule has 0 N–H and O–H groups in total. The van der Waals surface area contributed by atoms with E-state index < -0.39 is 0 Å². The lowest BCUT2D eigenvalue weighted by Gasteiger charge is -2.25. The molecule has 10 rings (SSSR count). The normalized spacial score (nSPS) is 11.0. The highest BCUT2D eigenvalue weighted by Crippen LogP contribution is 2.41. The van der Waals surface area contributed by atoms with Crippen LogP contribution in [0.4, 0.5) is 17.1 Å². The Morgan fingerprint density at radius 1 is 0.250 bits per heavy atom. The molecule has 1 heterocycles. The van der Waals surface area contributed by atoms with Crippen LogP contribution in [0.1, 0.15) is 0 Å². The molecule has 0 bridgehead atoms. The summed E-state index contributed by atoms with van der Waals surface area (Å²) in [5.74, 6) is 1.58. The van der Waals surface area contributed by atoms with Gasteiger partial charge in [-0.2, -0.15) is 0 Å². The molecule has 0 saturated heterocycles. The number of para-hydroxylation sites is 3. The minimum Gasteiger partial charge on any atom is -0.311 e. The molecule has 0 radical (unpaired) electrons. The molecule has 1 aromatic heterocycles. The molecule has 284 valence electrons. The van der Waals surface area contributed by atoms with Crippen LogP contribution in [0.15, 0.2) is 243 Å². The van der Waals surface area contributed by atoms with Crippen molar-refractivity contribution in [2.24, 2.45) is 0 Å². The van der Waals surface area contributed by atoms with E-state index in [0.29, 0.717) is 0 Å². The van der Waals surface area contributed by atoms with Gasteiger partial charge in [-0.3, -0.25) is 4.57 Å². The van der Waals surface area contributed by atoms with Crippen LogP contribution in [0.25, 0.3) is 73.0 Å². The first-order valence-electron chi connectivity index (χ1n) is 20.3. The second-order valence-corrected chi connectivity index (χ2v) is 14.7. The van der Waals surface area contributed by atoms with Crippen LogP contribution >= 0.6 is 0 Å². The lowest BCUT2D eigenvalue weighted by atomic mass is 9.89. The molecule has 0 aliphatic heterocycles. The minimum absolute atomic E-state index is 0.787. The van der Waals surface area contributed by atoms with E-state index in [-0.39, 0.29) is 0 Å². The van der Waals surface area contributed by atoms with Crippen LogP contribution in [0.3, 0.4) is 0 Å². The number of hydrogen-bond acceptors (Lipinski definition) is 3. The summed E-state index contributed by atoms with van der Waals surface area (Å²) in [7, 11) is 0. The largest absolute Gasteiger partial charge is 0.311 e. The Labute approximate surface area is 351 Å². The van der Waals surface area contributed by atoms with Crippen LogP contribution < -0.4 is 4.90 Å². The van der Waals surface area contributed by atoms with E-state index in [9.17, 15) is 0 Å². The van der Waals surface area contributed by atoms with Crippen molar-refractivity contribution in [1.29, 1.82) is 0 Å². The summed E-state index contributed by atoms with van der Waals surface area (Å²) in [5.41, 5.74) is 15.7. The zero-order valence-corrected chi connectivity index (χ0v) is 32.9. The number of anilines is 3. The third-order valence-corrected chi connectivity index (χ3v) is 11.0. The van der Waals surface area contributed by atoms with Gasteiger partial charge in [0, 0.05) is 33.9 Å². The van der Waals surface area contributed by atoms with E-state index in [1.54, 1.807) is 0 Å². The smallest absolute Gasteiger partial charge is 0.168 e. The summed E-state index contributed by atoms with van der Waals surface area (Å²) >= 11 is 0. The number of nitrogens with zero attached hydrogens (tertiary/aromatic N) is 4. The highest BCUT2D eigenvalue weighted by Gasteiger charge is 2.19. The highest BCUT2D eigenvalue weighted by atomic mass is 15.3. The fourth-order valence-electron chi connectivity index (χ4n) is 8.05. The number of rotatable bonds is 10. The maximum absolute atomic E-state index is 4.79. The molecule has 9 aromatic carbocycles. The SMILES string of the molecule is c1ccc(-c2ccc(-c3nnc(-c4ccc(-c5ccccc5-c5ccccc5-c5ccc(N(c6ccccc6)c6ccccc6)cc5)cc4)n3-c3ccccc3)cc2)cc1. The van der Waals surface area contributed by atoms with E-state index in [1.807, 2.05) is 12.1 Å². The van der Waals surface area contributed by atoms with Gasteiger partial charge in [0.25, 0.3) is 0 Å². The fraction of sp³-hybridized carbons (Fsp3) is 0. The summed E-state index contributed by atoms with van der Waals surface area (Å²) < 4.78 is 2.15. The van der Waals surface area contributed by atoms with Crippen LogP contribution in [0.5, 0.6) is 0 Å². The summed E-state index contributed by atoms with van der Waals surface area (Å²) in [4.78, 5) is 2.29. The van der Waals surface area contributed by atoms with Gasteiger partial charge in [0.1, 0.15) is 0 Å². The fourth-order valence-corrected chi connectivity index (χ4v) is 8.05.